The molecular formula is C21H20ClNO4. The number of ether oxygens (including phenoxy) is 2. The molecule has 2 aromatic rings. The van der Waals surface area contributed by atoms with Crippen LogP contribution in [0.3, 0.4) is 0 Å². The van der Waals surface area contributed by atoms with Gasteiger partial charge >= 0.3 is 5.97 Å². The highest BCUT2D eigenvalue weighted by atomic mass is 35.5. The molecule has 1 heterocycles. The smallest absolute Gasteiger partial charge is 0.313 e. The fraction of sp³-hybridized carbons (Fsp3) is 0.238. The number of nitrogens with zero attached hydrogens (tertiary/aromatic N) is 1. The lowest BCUT2D eigenvalue weighted by Crippen LogP contribution is -2.37. The molecule has 1 amide bonds. The van der Waals surface area contributed by atoms with Gasteiger partial charge in [-0.15, -0.1) is 6.58 Å². The Hall–Kier alpha value is -2.79. The van der Waals surface area contributed by atoms with Crippen LogP contribution in [-0.2, 0) is 20.7 Å². The standard InChI is InChI=1S/C21H20ClNO4/c1-2-10-23(18-6-4-3-5-7-18)20(24)14-27-21(25)16-11-15-12-17(22)8-9-19(15)26-13-16/h2-9,12,16H,1,10-11,13-14H2/t16-/m0/s1. The Labute approximate surface area is 163 Å². The first kappa shape index (κ1) is 19.0. The normalized spacial score (nSPS) is 15.2. The zero-order valence-electron chi connectivity index (χ0n) is 14.8. The van der Waals surface area contributed by atoms with E-state index in [2.05, 4.69) is 6.58 Å². The second kappa shape index (κ2) is 8.73. The van der Waals surface area contributed by atoms with Gasteiger partial charge in [0.25, 0.3) is 5.91 Å². The van der Waals surface area contributed by atoms with Gasteiger partial charge in [0.1, 0.15) is 12.4 Å². The Bertz CT molecular complexity index is 837. The van der Waals surface area contributed by atoms with Crippen LogP contribution in [0.2, 0.25) is 5.02 Å². The molecule has 6 heteroatoms. The molecule has 1 aliphatic rings. The summed E-state index contributed by atoms with van der Waals surface area (Å²) in [6.45, 7) is 3.89. The van der Waals surface area contributed by atoms with Crippen LogP contribution in [0, 0.1) is 5.92 Å². The number of hydrogen-bond acceptors (Lipinski definition) is 4. The Morgan fingerprint density at radius 3 is 2.78 bits per heavy atom. The average molecular weight is 386 g/mol. The van der Waals surface area contributed by atoms with E-state index in [1.54, 1.807) is 24.3 Å². The lowest BCUT2D eigenvalue weighted by Gasteiger charge is -2.25. The molecule has 5 nitrogen and oxygen atoms in total. The number of anilines is 1. The first-order chi connectivity index (χ1) is 13.1. The lowest BCUT2D eigenvalue weighted by molar-refractivity contribution is -0.153. The molecular weight excluding hydrogens is 366 g/mol. The lowest BCUT2D eigenvalue weighted by atomic mass is 9.97. The van der Waals surface area contributed by atoms with E-state index in [1.165, 1.54) is 4.90 Å². The van der Waals surface area contributed by atoms with Crippen molar-refractivity contribution in [2.75, 3.05) is 24.7 Å². The third kappa shape index (κ3) is 4.68. The minimum atomic E-state index is -0.464. The van der Waals surface area contributed by atoms with E-state index < -0.39 is 11.9 Å². The molecule has 0 aromatic heterocycles. The zero-order valence-corrected chi connectivity index (χ0v) is 15.5. The van der Waals surface area contributed by atoms with Crippen molar-refractivity contribution in [1.82, 2.24) is 0 Å². The third-order valence-electron chi connectivity index (χ3n) is 4.28. The van der Waals surface area contributed by atoms with Gasteiger partial charge in [-0.05, 0) is 42.3 Å². The number of amides is 1. The fourth-order valence-corrected chi connectivity index (χ4v) is 3.13. The third-order valence-corrected chi connectivity index (χ3v) is 4.52. The number of halogens is 1. The molecule has 2 aromatic carbocycles. The second-order valence-corrected chi connectivity index (χ2v) is 6.64. The molecule has 0 spiro atoms. The van der Waals surface area contributed by atoms with Crippen LogP contribution < -0.4 is 9.64 Å². The average Bonchev–Trinajstić information content (AvgIpc) is 2.70. The van der Waals surface area contributed by atoms with Crippen molar-refractivity contribution < 1.29 is 19.1 Å². The summed E-state index contributed by atoms with van der Waals surface area (Å²) >= 11 is 6.00. The molecule has 0 N–H and O–H groups in total. The number of esters is 1. The van der Waals surface area contributed by atoms with Crippen LogP contribution in [0.15, 0.2) is 61.2 Å². The molecule has 140 valence electrons. The molecule has 0 bridgehead atoms. The maximum absolute atomic E-state index is 12.5. The Morgan fingerprint density at radius 1 is 1.26 bits per heavy atom. The largest absolute Gasteiger partial charge is 0.492 e. The van der Waals surface area contributed by atoms with Crippen LogP contribution in [0.5, 0.6) is 5.75 Å². The van der Waals surface area contributed by atoms with Crippen molar-refractivity contribution in [3.8, 4) is 5.75 Å². The molecule has 27 heavy (non-hydrogen) atoms. The molecule has 0 aliphatic carbocycles. The second-order valence-electron chi connectivity index (χ2n) is 6.20. The van der Waals surface area contributed by atoms with Gasteiger partial charge in [0.2, 0.25) is 0 Å². The highest BCUT2D eigenvalue weighted by molar-refractivity contribution is 6.30. The quantitative estimate of drug-likeness (QED) is 0.562. The predicted molar refractivity (Wildman–Crippen MR) is 104 cm³/mol. The summed E-state index contributed by atoms with van der Waals surface area (Å²) in [6.07, 6.45) is 2.10. The van der Waals surface area contributed by atoms with Gasteiger partial charge in [-0.25, -0.2) is 0 Å². The number of fused-ring (bicyclic) bond motifs is 1. The van der Waals surface area contributed by atoms with Gasteiger partial charge in [-0.2, -0.15) is 0 Å². The van der Waals surface area contributed by atoms with E-state index in [-0.39, 0.29) is 19.1 Å². The monoisotopic (exact) mass is 385 g/mol. The van der Waals surface area contributed by atoms with Crippen LogP contribution >= 0.6 is 11.6 Å². The molecule has 1 atom stereocenters. The molecule has 0 radical (unpaired) electrons. The van der Waals surface area contributed by atoms with E-state index in [1.807, 2.05) is 30.3 Å². The van der Waals surface area contributed by atoms with Gasteiger partial charge in [0.15, 0.2) is 6.61 Å². The van der Waals surface area contributed by atoms with E-state index in [4.69, 9.17) is 21.1 Å². The van der Waals surface area contributed by atoms with Gasteiger partial charge < -0.3 is 14.4 Å². The highest BCUT2D eigenvalue weighted by Crippen LogP contribution is 2.30. The summed E-state index contributed by atoms with van der Waals surface area (Å²) in [5.41, 5.74) is 1.59. The Balaban J connectivity index is 1.59. The predicted octanol–water partition coefficient (Wildman–Crippen LogP) is 3.65. The Morgan fingerprint density at radius 2 is 2.04 bits per heavy atom. The van der Waals surface area contributed by atoms with Gasteiger partial charge in [-0.3, -0.25) is 9.59 Å². The van der Waals surface area contributed by atoms with Crippen molar-refractivity contribution in [2.45, 2.75) is 6.42 Å². The van der Waals surface area contributed by atoms with Gasteiger partial charge in [-0.1, -0.05) is 35.9 Å². The van der Waals surface area contributed by atoms with Crippen LogP contribution in [0.25, 0.3) is 0 Å². The maximum Gasteiger partial charge on any atom is 0.313 e. The minimum Gasteiger partial charge on any atom is -0.492 e. The first-order valence-electron chi connectivity index (χ1n) is 8.62. The number of para-hydroxylation sites is 1. The van der Waals surface area contributed by atoms with Crippen molar-refractivity contribution in [3.05, 3.63) is 71.8 Å². The highest BCUT2D eigenvalue weighted by Gasteiger charge is 2.28. The number of rotatable bonds is 6. The van der Waals surface area contributed by atoms with Crippen LogP contribution in [-0.4, -0.2) is 31.6 Å². The number of hydrogen-bond donors (Lipinski definition) is 0. The zero-order chi connectivity index (χ0) is 19.2. The molecule has 0 saturated carbocycles. The summed E-state index contributed by atoms with van der Waals surface area (Å²) in [5.74, 6) is -0.510. The van der Waals surface area contributed by atoms with E-state index in [0.717, 1.165) is 17.0 Å². The van der Waals surface area contributed by atoms with Crippen molar-refractivity contribution in [3.63, 3.8) is 0 Å². The van der Waals surface area contributed by atoms with Crippen LogP contribution in [0.1, 0.15) is 5.56 Å². The summed E-state index contributed by atoms with van der Waals surface area (Å²) in [5, 5.41) is 0.587. The summed E-state index contributed by atoms with van der Waals surface area (Å²) < 4.78 is 10.9. The van der Waals surface area contributed by atoms with Crippen molar-refractivity contribution in [1.29, 1.82) is 0 Å². The molecule has 0 saturated heterocycles. The molecule has 0 fully saturated rings. The summed E-state index contributed by atoms with van der Waals surface area (Å²) in [7, 11) is 0. The van der Waals surface area contributed by atoms with E-state index >= 15 is 0 Å². The number of benzene rings is 2. The Kier molecular flexibility index (Phi) is 6.14. The molecule has 0 unspecified atom stereocenters. The SMILES string of the molecule is C=CCN(C(=O)COC(=O)[C@@H]1COc2ccc(Cl)cc2C1)c1ccccc1. The molecule has 1 aliphatic heterocycles. The maximum atomic E-state index is 12.5. The first-order valence-corrected chi connectivity index (χ1v) is 9.00. The summed E-state index contributed by atoms with van der Waals surface area (Å²) in [4.78, 5) is 26.4. The van der Waals surface area contributed by atoms with E-state index in [9.17, 15) is 9.59 Å². The molecule has 3 rings (SSSR count). The minimum absolute atomic E-state index is 0.219. The summed E-state index contributed by atoms with van der Waals surface area (Å²) in [6, 6.07) is 14.5. The van der Waals surface area contributed by atoms with Crippen molar-refractivity contribution in [2.24, 2.45) is 5.92 Å². The number of carbonyl (C=O) groups is 2. The fourth-order valence-electron chi connectivity index (χ4n) is 2.93. The number of carbonyl (C=O) groups excluding carboxylic acids is 2. The van der Waals surface area contributed by atoms with Gasteiger partial charge in [0.05, 0.1) is 5.92 Å². The van der Waals surface area contributed by atoms with Crippen LogP contribution in [0.4, 0.5) is 5.69 Å². The van der Waals surface area contributed by atoms with Gasteiger partial charge in [0, 0.05) is 17.3 Å². The van der Waals surface area contributed by atoms with Crippen molar-refractivity contribution >= 4 is 29.2 Å². The van der Waals surface area contributed by atoms with E-state index in [0.29, 0.717) is 18.0 Å². The topological polar surface area (TPSA) is 55.8 Å².